The largest absolute Gasteiger partial charge is 0.361 e. The molecule has 0 fully saturated rings. The molecule has 1 aromatic rings. The summed E-state index contributed by atoms with van der Waals surface area (Å²) in [4.78, 5) is 4.65. The zero-order valence-electron chi connectivity index (χ0n) is 15.9. The first-order valence-corrected chi connectivity index (χ1v) is 8.98. The Balaban J connectivity index is 0.00000529. The summed E-state index contributed by atoms with van der Waals surface area (Å²) in [6, 6.07) is 0. The van der Waals surface area contributed by atoms with Crippen LogP contribution in [-0.4, -0.2) is 30.8 Å². The Morgan fingerprint density at radius 2 is 1.92 bits per heavy atom. The van der Waals surface area contributed by atoms with E-state index in [4.69, 9.17) is 4.52 Å². The van der Waals surface area contributed by atoms with E-state index in [1.807, 2.05) is 13.8 Å². The molecule has 0 atom stereocenters. The number of rotatable bonds is 10. The molecule has 0 saturated carbocycles. The predicted molar refractivity (Wildman–Crippen MR) is 112 cm³/mol. The molecule has 0 radical (unpaired) electrons. The number of guanidine groups is 1. The molecule has 1 rings (SSSR count). The van der Waals surface area contributed by atoms with Crippen molar-refractivity contribution >= 4 is 29.9 Å². The maximum absolute atomic E-state index is 5.19. The van der Waals surface area contributed by atoms with Gasteiger partial charge in [0.2, 0.25) is 0 Å². The second-order valence-electron chi connectivity index (χ2n) is 6.48. The Morgan fingerprint density at radius 3 is 2.50 bits per heavy atom. The normalized spacial score (nSPS) is 11.5. The molecule has 1 heterocycles. The minimum Gasteiger partial charge on any atom is -0.361 e. The third-order valence-electron chi connectivity index (χ3n) is 3.88. The smallest absolute Gasteiger partial charge is 0.191 e. The number of hydrogen-bond donors (Lipinski definition) is 2. The molecule has 0 amide bonds. The fourth-order valence-corrected chi connectivity index (χ4v) is 2.53. The van der Waals surface area contributed by atoms with Crippen molar-refractivity contribution in [3.05, 3.63) is 17.0 Å². The van der Waals surface area contributed by atoms with Gasteiger partial charge in [0.15, 0.2) is 5.96 Å². The summed E-state index contributed by atoms with van der Waals surface area (Å²) in [7, 11) is 0. The number of halogens is 1. The molecule has 0 aliphatic heterocycles. The lowest BCUT2D eigenvalue weighted by Gasteiger charge is -2.11. The van der Waals surface area contributed by atoms with E-state index >= 15 is 0 Å². The Morgan fingerprint density at radius 1 is 1.17 bits per heavy atom. The fourth-order valence-electron chi connectivity index (χ4n) is 2.53. The summed E-state index contributed by atoms with van der Waals surface area (Å²) in [5.41, 5.74) is 2.23. The Hall–Kier alpha value is -0.790. The zero-order chi connectivity index (χ0) is 17.1. The monoisotopic (exact) mass is 450 g/mol. The van der Waals surface area contributed by atoms with Gasteiger partial charge in [-0.1, -0.05) is 31.8 Å². The van der Waals surface area contributed by atoms with Crippen LogP contribution in [-0.2, 0) is 6.42 Å². The van der Waals surface area contributed by atoms with E-state index in [0.29, 0.717) is 0 Å². The Bertz CT molecular complexity index is 452. The highest BCUT2D eigenvalue weighted by atomic mass is 127. The highest BCUT2D eigenvalue weighted by molar-refractivity contribution is 14.0. The van der Waals surface area contributed by atoms with Gasteiger partial charge in [-0.2, -0.15) is 0 Å². The number of aryl methyl sites for hydroxylation is 2. The molecule has 24 heavy (non-hydrogen) atoms. The van der Waals surface area contributed by atoms with E-state index < -0.39 is 0 Å². The van der Waals surface area contributed by atoms with Crippen molar-refractivity contribution in [3.63, 3.8) is 0 Å². The van der Waals surface area contributed by atoms with Crippen molar-refractivity contribution in [1.82, 2.24) is 15.8 Å². The molecule has 6 heteroatoms. The van der Waals surface area contributed by atoms with E-state index in [1.54, 1.807) is 0 Å². The maximum atomic E-state index is 5.19. The maximum Gasteiger partial charge on any atom is 0.191 e. The average Bonchev–Trinajstić information content (AvgIpc) is 2.82. The van der Waals surface area contributed by atoms with Gasteiger partial charge < -0.3 is 15.2 Å². The summed E-state index contributed by atoms with van der Waals surface area (Å²) in [6.45, 7) is 13.3. The van der Waals surface area contributed by atoms with E-state index in [9.17, 15) is 0 Å². The van der Waals surface area contributed by atoms with Crippen LogP contribution in [0.4, 0.5) is 0 Å². The van der Waals surface area contributed by atoms with Crippen LogP contribution in [0.2, 0.25) is 0 Å². The molecule has 1 aromatic heterocycles. The van der Waals surface area contributed by atoms with Gasteiger partial charge in [-0.25, -0.2) is 0 Å². The summed E-state index contributed by atoms with van der Waals surface area (Å²) < 4.78 is 5.19. The molecule has 0 aromatic carbocycles. The van der Waals surface area contributed by atoms with Crippen molar-refractivity contribution in [2.75, 3.05) is 19.6 Å². The van der Waals surface area contributed by atoms with Gasteiger partial charge in [0.25, 0.3) is 0 Å². The molecule has 0 unspecified atom stereocenters. The van der Waals surface area contributed by atoms with Gasteiger partial charge in [-0.15, -0.1) is 24.0 Å². The number of nitrogens with zero attached hydrogens (tertiary/aromatic N) is 2. The lowest BCUT2D eigenvalue weighted by Crippen LogP contribution is -2.37. The summed E-state index contributed by atoms with van der Waals surface area (Å²) in [6.07, 6.45) is 5.75. The first-order chi connectivity index (χ1) is 11.0. The van der Waals surface area contributed by atoms with Crippen molar-refractivity contribution in [3.8, 4) is 0 Å². The van der Waals surface area contributed by atoms with E-state index in [2.05, 4.69) is 41.6 Å². The molecule has 0 bridgehead atoms. The van der Waals surface area contributed by atoms with Crippen molar-refractivity contribution in [2.45, 2.75) is 66.7 Å². The van der Waals surface area contributed by atoms with Gasteiger partial charge in [-0.3, -0.25) is 4.99 Å². The van der Waals surface area contributed by atoms with Crippen molar-refractivity contribution in [1.29, 1.82) is 0 Å². The molecule has 0 aliphatic rings. The first kappa shape index (κ1) is 23.2. The van der Waals surface area contributed by atoms with Crippen LogP contribution in [0.1, 0.15) is 63.5 Å². The minimum atomic E-state index is 0. The van der Waals surface area contributed by atoms with Gasteiger partial charge in [0.1, 0.15) is 5.76 Å². The van der Waals surface area contributed by atoms with Crippen LogP contribution in [0.15, 0.2) is 9.52 Å². The molecule has 5 nitrogen and oxygen atoms in total. The summed E-state index contributed by atoms with van der Waals surface area (Å²) in [5, 5.41) is 10.7. The number of nitrogens with one attached hydrogen (secondary N) is 2. The molecule has 0 aliphatic carbocycles. The molecular weight excluding hydrogens is 415 g/mol. The lowest BCUT2D eigenvalue weighted by atomic mass is 10.1. The number of hydrogen-bond acceptors (Lipinski definition) is 3. The van der Waals surface area contributed by atoms with Gasteiger partial charge in [0, 0.05) is 25.2 Å². The lowest BCUT2D eigenvalue weighted by molar-refractivity contribution is 0.392. The highest BCUT2D eigenvalue weighted by Crippen LogP contribution is 2.14. The van der Waals surface area contributed by atoms with E-state index in [-0.39, 0.29) is 24.0 Å². The SMILES string of the molecule is CCNC(=NCCCc1c(C)noc1C)NCCCCC(C)C.I. The number of aliphatic imine (C=N–C) groups is 1. The predicted octanol–water partition coefficient (Wildman–Crippen LogP) is 4.22. The minimum absolute atomic E-state index is 0. The highest BCUT2D eigenvalue weighted by Gasteiger charge is 2.07. The van der Waals surface area contributed by atoms with Crippen LogP contribution >= 0.6 is 24.0 Å². The van der Waals surface area contributed by atoms with Crippen LogP contribution in [0.3, 0.4) is 0 Å². The molecular formula is C18H35IN4O. The third kappa shape index (κ3) is 9.49. The van der Waals surface area contributed by atoms with Crippen LogP contribution in [0, 0.1) is 19.8 Å². The van der Waals surface area contributed by atoms with Crippen LogP contribution in [0.25, 0.3) is 0 Å². The standard InChI is InChI=1S/C18H34N4O.HI/c1-6-19-18(20-12-8-7-10-14(2)3)21-13-9-11-17-15(4)22-23-16(17)5;/h14H,6-13H2,1-5H3,(H2,19,20,21);1H. The molecule has 0 saturated heterocycles. The van der Waals surface area contributed by atoms with Crippen LogP contribution < -0.4 is 10.6 Å². The molecule has 2 N–H and O–H groups in total. The summed E-state index contributed by atoms with van der Waals surface area (Å²) in [5.74, 6) is 2.65. The van der Waals surface area contributed by atoms with Crippen molar-refractivity contribution in [2.24, 2.45) is 10.9 Å². The fraction of sp³-hybridized carbons (Fsp3) is 0.778. The van der Waals surface area contributed by atoms with E-state index in [1.165, 1.54) is 24.8 Å². The van der Waals surface area contributed by atoms with E-state index in [0.717, 1.165) is 55.8 Å². The Labute approximate surface area is 164 Å². The van der Waals surface area contributed by atoms with Crippen molar-refractivity contribution < 1.29 is 4.52 Å². The topological polar surface area (TPSA) is 62.5 Å². The average molecular weight is 450 g/mol. The quantitative estimate of drug-likeness (QED) is 0.243. The van der Waals surface area contributed by atoms with Gasteiger partial charge >= 0.3 is 0 Å². The van der Waals surface area contributed by atoms with Gasteiger partial charge in [0.05, 0.1) is 5.69 Å². The summed E-state index contributed by atoms with van der Waals surface area (Å²) >= 11 is 0. The first-order valence-electron chi connectivity index (χ1n) is 8.98. The molecule has 140 valence electrons. The second kappa shape index (κ2) is 13.5. The molecule has 0 spiro atoms. The zero-order valence-corrected chi connectivity index (χ0v) is 18.3. The number of aromatic nitrogens is 1. The second-order valence-corrected chi connectivity index (χ2v) is 6.48. The third-order valence-corrected chi connectivity index (χ3v) is 3.88. The van der Waals surface area contributed by atoms with Crippen LogP contribution in [0.5, 0.6) is 0 Å². The number of unbranched alkanes of at least 4 members (excludes halogenated alkanes) is 1. The van der Waals surface area contributed by atoms with Gasteiger partial charge in [-0.05, 0) is 46.0 Å². The Kier molecular flexibility index (Phi) is 13.1.